The summed E-state index contributed by atoms with van der Waals surface area (Å²) in [5.41, 5.74) is 1.62. The van der Waals surface area contributed by atoms with Crippen molar-refractivity contribution >= 4 is 41.8 Å². The average molecular weight is 566 g/mol. The highest BCUT2D eigenvalue weighted by Gasteiger charge is 2.34. The Bertz CT molecular complexity index is 1020. The Morgan fingerprint density at radius 1 is 1.18 bits per heavy atom. The van der Waals surface area contributed by atoms with Gasteiger partial charge in [0, 0.05) is 20.1 Å². The number of carbonyl (C=O) groups is 2. The number of fused-ring (bicyclic) bond motifs is 1. The number of amides is 2. The van der Waals surface area contributed by atoms with Crippen LogP contribution in [0.15, 0.2) is 47.5 Å². The van der Waals surface area contributed by atoms with Gasteiger partial charge >= 0.3 is 0 Å². The van der Waals surface area contributed by atoms with Gasteiger partial charge in [-0.2, -0.15) is 0 Å². The molecule has 4 rings (SSSR count). The molecule has 1 saturated carbocycles. The highest BCUT2D eigenvalue weighted by Crippen LogP contribution is 2.30. The van der Waals surface area contributed by atoms with Crippen molar-refractivity contribution in [3.8, 4) is 5.75 Å². The summed E-state index contributed by atoms with van der Waals surface area (Å²) in [4.78, 5) is 30.3. The summed E-state index contributed by atoms with van der Waals surface area (Å²) in [7, 11) is 1.62. The minimum absolute atomic E-state index is 0. The van der Waals surface area contributed by atoms with Crippen LogP contribution in [0.25, 0.3) is 0 Å². The molecule has 1 aliphatic carbocycles. The Kier molecular flexibility index (Phi) is 8.28. The monoisotopic (exact) mass is 566 g/mol. The standard InChI is InChI=1S/C24H27FN4O3.HI/c1-15(17-9-10-21(20(25)13-17)32-14-16-7-8-16)28-24(26-2)27-11-12-29-22(30)18-5-3-4-6-19(18)23(29)31;/h3-6,9-10,13,15-16H,7-8,11-12,14H2,1-2H3,(H2,26,27,28);1H. The molecule has 7 nitrogen and oxygen atoms in total. The Morgan fingerprint density at radius 3 is 2.42 bits per heavy atom. The summed E-state index contributed by atoms with van der Waals surface area (Å²) in [6, 6.07) is 11.5. The Morgan fingerprint density at radius 2 is 1.85 bits per heavy atom. The number of imide groups is 1. The van der Waals surface area contributed by atoms with Gasteiger partial charge in [-0.3, -0.25) is 19.5 Å². The van der Waals surface area contributed by atoms with Gasteiger partial charge in [0.2, 0.25) is 0 Å². The third-order valence-corrected chi connectivity index (χ3v) is 5.71. The van der Waals surface area contributed by atoms with Crippen molar-refractivity contribution in [3.63, 3.8) is 0 Å². The summed E-state index contributed by atoms with van der Waals surface area (Å²) in [5.74, 6) is 0.362. The summed E-state index contributed by atoms with van der Waals surface area (Å²) in [6.07, 6.45) is 2.31. The van der Waals surface area contributed by atoms with Gasteiger partial charge in [0.15, 0.2) is 17.5 Å². The first-order valence-corrected chi connectivity index (χ1v) is 10.8. The number of hydrogen-bond donors (Lipinski definition) is 2. The Balaban J connectivity index is 0.00000306. The second kappa shape index (κ2) is 11.0. The van der Waals surface area contributed by atoms with Crippen LogP contribution in [-0.2, 0) is 0 Å². The van der Waals surface area contributed by atoms with Gasteiger partial charge in [0.25, 0.3) is 11.8 Å². The van der Waals surface area contributed by atoms with Gasteiger partial charge in [0.1, 0.15) is 0 Å². The summed E-state index contributed by atoms with van der Waals surface area (Å²) < 4.78 is 19.9. The largest absolute Gasteiger partial charge is 0.490 e. The fourth-order valence-electron chi connectivity index (χ4n) is 3.61. The maximum atomic E-state index is 14.4. The number of nitrogens with one attached hydrogen (secondary N) is 2. The molecule has 0 spiro atoms. The number of rotatable bonds is 8. The lowest BCUT2D eigenvalue weighted by Crippen LogP contribution is -2.43. The number of carbonyl (C=O) groups excluding carboxylic acids is 2. The van der Waals surface area contributed by atoms with E-state index in [4.69, 9.17) is 4.74 Å². The quantitative estimate of drug-likeness (QED) is 0.220. The first-order valence-electron chi connectivity index (χ1n) is 10.8. The van der Waals surface area contributed by atoms with Gasteiger partial charge in [-0.25, -0.2) is 4.39 Å². The van der Waals surface area contributed by atoms with Crippen molar-refractivity contribution in [2.75, 3.05) is 26.7 Å². The molecule has 1 fully saturated rings. The maximum Gasteiger partial charge on any atom is 0.261 e. The van der Waals surface area contributed by atoms with E-state index in [-0.39, 0.29) is 59.9 Å². The van der Waals surface area contributed by atoms with Gasteiger partial charge in [-0.15, -0.1) is 24.0 Å². The predicted molar refractivity (Wildman–Crippen MR) is 135 cm³/mol. The van der Waals surface area contributed by atoms with E-state index in [1.807, 2.05) is 13.0 Å². The SMILES string of the molecule is CN=C(NCCN1C(=O)c2ccccc2C1=O)NC(C)c1ccc(OCC2CC2)c(F)c1.I. The number of benzene rings is 2. The van der Waals surface area contributed by atoms with Crippen molar-refractivity contribution in [2.45, 2.75) is 25.8 Å². The minimum Gasteiger partial charge on any atom is -0.490 e. The molecule has 2 N–H and O–H groups in total. The normalized spacial score (nSPS) is 16.2. The third kappa shape index (κ3) is 5.82. The van der Waals surface area contributed by atoms with Crippen molar-refractivity contribution in [1.82, 2.24) is 15.5 Å². The van der Waals surface area contributed by atoms with E-state index in [0.717, 1.165) is 18.4 Å². The Hall–Kier alpha value is -2.69. The number of guanidine groups is 1. The zero-order valence-electron chi connectivity index (χ0n) is 18.6. The highest BCUT2D eigenvalue weighted by molar-refractivity contribution is 14.0. The van der Waals surface area contributed by atoms with Crippen molar-refractivity contribution in [3.05, 3.63) is 65.0 Å². The topological polar surface area (TPSA) is 83.0 Å². The molecule has 1 atom stereocenters. The maximum absolute atomic E-state index is 14.4. The molecule has 1 unspecified atom stereocenters. The number of aliphatic imine (C=N–C) groups is 1. The van der Waals surface area contributed by atoms with Crippen LogP contribution in [0.2, 0.25) is 0 Å². The van der Waals surface area contributed by atoms with E-state index in [1.165, 1.54) is 11.0 Å². The smallest absolute Gasteiger partial charge is 0.261 e. The summed E-state index contributed by atoms with van der Waals surface area (Å²) in [5, 5.41) is 6.30. The number of hydrogen-bond acceptors (Lipinski definition) is 4. The lowest BCUT2D eigenvalue weighted by molar-refractivity contribution is 0.0657. The fraction of sp³-hybridized carbons (Fsp3) is 0.375. The lowest BCUT2D eigenvalue weighted by Gasteiger charge is -2.20. The first kappa shape index (κ1) is 24.9. The molecule has 0 aromatic heterocycles. The fourth-order valence-corrected chi connectivity index (χ4v) is 3.61. The average Bonchev–Trinajstić information content (AvgIpc) is 3.60. The van der Waals surface area contributed by atoms with Crippen LogP contribution in [0.5, 0.6) is 5.75 Å². The molecule has 2 aromatic carbocycles. The summed E-state index contributed by atoms with van der Waals surface area (Å²) >= 11 is 0. The van der Waals surface area contributed by atoms with Crippen molar-refractivity contribution < 1.29 is 18.7 Å². The molecule has 0 bridgehead atoms. The van der Waals surface area contributed by atoms with Gasteiger partial charge in [-0.05, 0) is 55.5 Å². The zero-order chi connectivity index (χ0) is 22.7. The predicted octanol–water partition coefficient (Wildman–Crippen LogP) is 3.75. The van der Waals surface area contributed by atoms with E-state index in [9.17, 15) is 14.0 Å². The summed E-state index contributed by atoms with van der Waals surface area (Å²) in [6.45, 7) is 3.01. The van der Waals surface area contributed by atoms with Crippen LogP contribution >= 0.6 is 24.0 Å². The second-order valence-electron chi connectivity index (χ2n) is 8.12. The number of halogens is 2. The van der Waals surface area contributed by atoms with Crippen LogP contribution < -0.4 is 15.4 Å². The van der Waals surface area contributed by atoms with Crippen LogP contribution in [0.3, 0.4) is 0 Å². The lowest BCUT2D eigenvalue weighted by atomic mass is 10.1. The molecule has 2 aliphatic rings. The molecule has 1 aliphatic heterocycles. The van der Waals surface area contributed by atoms with Gasteiger partial charge in [-0.1, -0.05) is 18.2 Å². The van der Waals surface area contributed by atoms with Gasteiger partial charge in [0.05, 0.1) is 23.8 Å². The molecule has 0 radical (unpaired) electrons. The molecule has 1 heterocycles. The van der Waals surface area contributed by atoms with Crippen LogP contribution in [0.4, 0.5) is 4.39 Å². The zero-order valence-corrected chi connectivity index (χ0v) is 21.0. The second-order valence-corrected chi connectivity index (χ2v) is 8.12. The molecule has 176 valence electrons. The van der Waals surface area contributed by atoms with Crippen LogP contribution in [0, 0.1) is 11.7 Å². The molecular weight excluding hydrogens is 538 g/mol. The van der Waals surface area contributed by atoms with Crippen molar-refractivity contribution in [1.29, 1.82) is 0 Å². The molecule has 2 aromatic rings. The molecular formula is C24H28FIN4O3. The Labute approximate surface area is 209 Å². The van der Waals surface area contributed by atoms with E-state index < -0.39 is 0 Å². The highest BCUT2D eigenvalue weighted by atomic mass is 127. The van der Waals surface area contributed by atoms with E-state index in [2.05, 4.69) is 15.6 Å². The number of nitrogens with zero attached hydrogens (tertiary/aromatic N) is 2. The van der Waals surface area contributed by atoms with E-state index in [1.54, 1.807) is 37.4 Å². The van der Waals surface area contributed by atoms with E-state index >= 15 is 0 Å². The molecule has 33 heavy (non-hydrogen) atoms. The van der Waals surface area contributed by atoms with Crippen LogP contribution in [0.1, 0.15) is 52.1 Å². The number of ether oxygens (including phenoxy) is 1. The van der Waals surface area contributed by atoms with E-state index in [0.29, 0.717) is 36.2 Å². The molecule has 0 saturated heterocycles. The third-order valence-electron chi connectivity index (χ3n) is 5.71. The first-order chi connectivity index (χ1) is 15.5. The minimum atomic E-state index is -0.384. The van der Waals surface area contributed by atoms with Gasteiger partial charge < -0.3 is 15.4 Å². The molecule has 2 amide bonds. The molecule has 9 heteroatoms. The van der Waals surface area contributed by atoms with Crippen LogP contribution in [-0.4, -0.2) is 49.4 Å². The van der Waals surface area contributed by atoms with Crippen molar-refractivity contribution in [2.24, 2.45) is 10.9 Å².